The van der Waals surface area contributed by atoms with E-state index in [-0.39, 0.29) is 11.9 Å². The van der Waals surface area contributed by atoms with E-state index in [0.717, 1.165) is 51.4 Å². The number of hydrogen-bond donors (Lipinski definition) is 1. The minimum atomic E-state index is -0.125. The Morgan fingerprint density at radius 3 is 2.57 bits per heavy atom. The summed E-state index contributed by atoms with van der Waals surface area (Å²) < 4.78 is 5.37. The number of ether oxygens (including phenoxy) is 1. The number of likely N-dealkylation sites (N-methyl/N-ethyl adjacent to an activating group) is 1. The first-order valence-electron chi connectivity index (χ1n) is 8.55. The lowest BCUT2D eigenvalue weighted by Crippen LogP contribution is -2.40. The van der Waals surface area contributed by atoms with Crippen molar-refractivity contribution in [3.05, 3.63) is 24.3 Å². The molecule has 0 aromatic heterocycles. The van der Waals surface area contributed by atoms with Crippen LogP contribution in [0.4, 0.5) is 11.4 Å². The van der Waals surface area contributed by atoms with Gasteiger partial charge < -0.3 is 15.0 Å². The number of rotatable bonds is 7. The predicted octanol–water partition coefficient (Wildman–Crippen LogP) is 2.58. The maximum atomic E-state index is 12.3. The standard InChI is InChI=1S/C18H29N3O2/c1-4-5-10-20(3)15(2)18(22)19-16-6-8-17(9-7-16)21-11-13-23-14-12-21/h6-9,15H,4-5,10-14H2,1-3H3,(H,19,22). The van der Waals surface area contributed by atoms with Crippen LogP contribution in [0.3, 0.4) is 0 Å². The highest BCUT2D eigenvalue weighted by Gasteiger charge is 2.17. The van der Waals surface area contributed by atoms with Gasteiger partial charge in [0, 0.05) is 24.5 Å². The van der Waals surface area contributed by atoms with Gasteiger partial charge in [-0.2, -0.15) is 0 Å². The first-order valence-corrected chi connectivity index (χ1v) is 8.55. The van der Waals surface area contributed by atoms with E-state index in [1.54, 1.807) is 0 Å². The lowest BCUT2D eigenvalue weighted by atomic mass is 10.2. The Balaban J connectivity index is 1.88. The van der Waals surface area contributed by atoms with Crippen molar-refractivity contribution in [3.63, 3.8) is 0 Å². The number of morpholine rings is 1. The number of benzene rings is 1. The first kappa shape index (κ1) is 17.8. The van der Waals surface area contributed by atoms with E-state index in [9.17, 15) is 4.79 Å². The van der Waals surface area contributed by atoms with Gasteiger partial charge in [-0.15, -0.1) is 0 Å². The third-order valence-corrected chi connectivity index (χ3v) is 4.42. The molecule has 1 aliphatic heterocycles. The smallest absolute Gasteiger partial charge is 0.241 e. The second kappa shape index (κ2) is 8.89. The van der Waals surface area contributed by atoms with Gasteiger partial charge in [-0.3, -0.25) is 9.69 Å². The maximum Gasteiger partial charge on any atom is 0.241 e. The molecule has 0 bridgehead atoms. The minimum Gasteiger partial charge on any atom is -0.378 e. The molecule has 2 rings (SSSR count). The molecule has 5 heteroatoms. The van der Waals surface area contributed by atoms with E-state index in [1.807, 2.05) is 26.1 Å². The summed E-state index contributed by atoms with van der Waals surface area (Å²) in [5.41, 5.74) is 2.03. The number of anilines is 2. The number of carbonyl (C=O) groups excluding carboxylic acids is 1. The van der Waals surface area contributed by atoms with Crippen LogP contribution < -0.4 is 10.2 Å². The van der Waals surface area contributed by atoms with Gasteiger partial charge in [-0.25, -0.2) is 0 Å². The van der Waals surface area contributed by atoms with Crippen LogP contribution >= 0.6 is 0 Å². The van der Waals surface area contributed by atoms with Crippen LogP contribution in [0, 0.1) is 0 Å². The van der Waals surface area contributed by atoms with Crippen molar-refractivity contribution >= 4 is 17.3 Å². The molecular weight excluding hydrogens is 290 g/mol. The van der Waals surface area contributed by atoms with Crippen molar-refractivity contribution in [1.29, 1.82) is 0 Å². The summed E-state index contributed by atoms with van der Waals surface area (Å²) in [6, 6.07) is 7.95. The summed E-state index contributed by atoms with van der Waals surface area (Å²) in [5, 5.41) is 3.01. The van der Waals surface area contributed by atoms with Crippen molar-refractivity contribution in [2.45, 2.75) is 32.7 Å². The Kier molecular flexibility index (Phi) is 6.86. The van der Waals surface area contributed by atoms with Gasteiger partial charge in [0.05, 0.1) is 19.3 Å². The SMILES string of the molecule is CCCCN(C)C(C)C(=O)Nc1ccc(N2CCOCC2)cc1. The van der Waals surface area contributed by atoms with Crippen LogP contribution in [0.25, 0.3) is 0 Å². The van der Waals surface area contributed by atoms with Gasteiger partial charge >= 0.3 is 0 Å². The van der Waals surface area contributed by atoms with Crippen LogP contribution in [0.15, 0.2) is 24.3 Å². The summed E-state index contributed by atoms with van der Waals surface area (Å²) in [4.78, 5) is 16.7. The fourth-order valence-electron chi connectivity index (χ4n) is 2.63. The van der Waals surface area contributed by atoms with Crippen molar-refractivity contribution in [2.75, 3.05) is 50.1 Å². The second-order valence-corrected chi connectivity index (χ2v) is 6.15. The van der Waals surface area contributed by atoms with Gasteiger partial charge in [0.2, 0.25) is 5.91 Å². The highest BCUT2D eigenvalue weighted by atomic mass is 16.5. The van der Waals surface area contributed by atoms with Crippen molar-refractivity contribution in [3.8, 4) is 0 Å². The van der Waals surface area contributed by atoms with Gasteiger partial charge in [0.15, 0.2) is 0 Å². The molecule has 0 spiro atoms. The topological polar surface area (TPSA) is 44.8 Å². The zero-order valence-corrected chi connectivity index (χ0v) is 14.5. The molecule has 23 heavy (non-hydrogen) atoms. The van der Waals surface area contributed by atoms with E-state index in [4.69, 9.17) is 4.74 Å². The number of carbonyl (C=O) groups is 1. The molecular formula is C18H29N3O2. The lowest BCUT2D eigenvalue weighted by molar-refractivity contribution is -0.120. The van der Waals surface area contributed by atoms with E-state index in [1.165, 1.54) is 5.69 Å². The summed E-state index contributed by atoms with van der Waals surface area (Å²) in [5.74, 6) is 0.0442. The molecule has 1 aliphatic rings. The van der Waals surface area contributed by atoms with Crippen LogP contribution in [0.5, 0.6) is 0 Å². The Morgan fingerprint density at radius 1 is 1.30 bits per heavy atom. The summed E-state index contributed by atoms with van der Waals surface area (Å²) >= 11 is 0. The average Bonchev–Trinajstić information content (AvgIpc) is 2.60. The molecule has 1 aromatic carbocycles. The Morgan fingerprint density at radius 2 is 1.96 bits per heavy atom. The van der Waals surface area contributed by atoms with Gasteiger partial charge in [-0.05, 0) is 51.2 Å². The summed E-state index contributed by atoms with van der Waals surface area (Å²) in [7, 11) is 2.00. The second-order valence-electron chi connectivity index (χ2n) is 6.15. The molecule has 1 N–H and O–H groups in total. The lowest BCUT2D eigenvalue weighted by Gasteiger charge is -2.29. The van der Waals surface area contributed by atoms with Crippen LogP contribution in [-0.2, 0) is 9.53 Å². The third-order valence-electron chi connectivity index (χ3n) is 4.42. The molecule has 1 atom stereocenters. The van der Waals surface area contributed by atoms with Crippen LogP contribution in [0.1, 0.15) is 26.7 Å². The molecule has 1 aromatic rings. The highest BCUT2D eigenvalue weighted by Crippen LogP contribution is 2.19. The molecule has 0 saturated carbocycles. The van der Waals surface area contributed by atoms with Crippen molar-refractivity contribution < 1.29 is 9.53 Å². The Hall–Kier alpha value is -1.59. The number of amides is 1. The zero-order chi connectivity index (χ0) is 16.7. The van der Waals surface area contributed by atoms with Gasteiger partial charge in [0.25, 0.3) is 0 Å². The van der Waals surface area contributed by atoms with Gasteiger partial charge in [0.1, 0.15) is 0 Å². The number of unbranched alkanes of at least 4 members (excludes halogenated alkanes) is 1. The monoisotopic (exact) mass is 319 g/mol. The Labute approximate surface area is 139 Å². The minimum absolute atomic E-state index is 0.0442. The van der Waals surface area contributed by atoms with E-state index >= 15 is 0 Å². The van der Waals surface area contributed by atoms with Crippen LogP contribution in [0.2, 0.25) is 0 Å². The third kappa shape index (κ3) is 5.22. The normalized spacial score (nSPS) is 16.4. The largest absolute Gasteiger partial charge is 0.378 e. The van der Waals surface area contributed by atoms with Crippen molar-refractivity contribution in [1.82, 2.24) is 4.90 Å². The van der Waals surface area contributed by atoms with E-state index in [2.05, 4.69) is 34.2 Å². The highest BCUT2D eigenvalue weighted by molar-refractivity contribution is 5.94. The van der Waals surface area contributed by atoms with Gasteiger partial charge in [-0.1, -0.05) is 13.3 Å². The van der Waals surface area contributed by atoms with E-state index in [0.29, 0.717) is 0 Å². The molecule has 1 fully saturated rings. The maximum absolute atomic E-state index is 12.3. The molecule has 0 radical (unpaired) electrons. The predicted molar refractivity (Wildman–Crippen MR) is 95.1 cm³/mol. The zero-order valence-electron chi connectivity index (χ0n) is 14.5. The fraction of sp³-hybridized carbons (Fsp3) is 0.611. The summed E-state index contributed by atoms with van der Waals surface area (Å²) in [6.07, 6.45) is 2.25. The summed E-state index contributed by atoms with van der Waals surface area (Å²) in [6.45, 7) is 8.46. The molecule has 1 heterocycles. The average molecular weight is 319 g/mol. The van der Waals surface area contributed by atoms with E-state index < -0.39 is 0 Å². The first-order chi connectivity index (χ1) is 11.1. The Bertz CT molecular complexity index is 484. The molecule has 1 amide bonds. The quantitative estimate of drug-likeness (QED) is 0.839. The molecule has 0 aliphatic carbocycles. The number of nitrogens with zero attached hydrogens (tertiary/aromatic N) is 2. The van der Waals surface area contributed by atoms with Crippen LogP contribution in [-0.4, -0.2) is 56.7 Å². The molecule has 128 valence electrons. The fourth-order valence-corrected chi connectivity index (χ4v) is 2.63. The number of nitrogens with one attached hydrogen (secondary N) is 1. The van der Waals surface area contributed by atoms with Crippen molar-refractivity contribution in [2.24, 2.45) is 0 Å². The molecule has 1 saturated heterocycles. The number of hydrogen-bond acceptors (Lipinski definition) is 4. The molecule has 1 unspecified atom stereocenters. The molecule has 5 nitrogen and oxygen atoms in total.